The number of phenolic OH excluding ortho intramolecular Hbond substituents is 2. The van der Waals surface area contributed by atoms with Gasteiger partial charge in [-0.25, -0.2) is 0 Å². The van der Waals surface area contributed by atoms with Crippen LogP contribution in [0.2, 0.25) is 0 Å². The van der Waals surface area contributed by atoms with Crippen molar-refractivity contribution < 1.29 is 74.1 Å². The molecular formula is C28H32O16. The highest BCUT2D eigenvalue weighted by Gasteiger charge is 2.51. The molecule has 0 unspecified atom stereocenters. The van der Waals surface area contributed by atoms with E-state index in [1.165, 1.54) is 37.4 Å². The summed E-state index contributed by atoms with van der Waals surface area (Å²) in [6.07, 6.45) is -17.5. The third kappa shape index (κ3) is 5.80. The second-order valence-electron chi connectivity index (χ2n) is 10.3. The SMILES string of the molecule is COc1cc(O)c2c(=O)c(O[C@@H]3O[C@H](CO)[C@H](O)[C@H](O)[C@H]3O[C@@H]3O[C@H](CO)[C@@H](O)[C@H](O)[C@H]3O)c(-c3ccc(O)cc3)oc2c1. The Bertz CT molecular complexity index is 1510. The monoisotopic (exact) mass is 624 g/mol. The van der Waals surface area contributed by atoms with Gasteiger partial charge in [0.15, 0.2) is 18.2 Å². The van der Waals surface area contributed by atoms with Crippen LogP contribution in [0.5, 0.6) is 23.0 Å². The lowest BCUT2D eigenvalue weighted by molar-refractivity contribution is -0.358. The quantitative estimate of drug-likeness (QED) is 0.130. The third-order valence-electron chi connectivity index (χ3n) is 7.47. The zero-order chi connectivity index (χ0) is 31.9. The summed E-state index contributed by atoms with van der Waals surface area (Å²) in [6, 6.07) is 7.89. The summed E-state index contributed by atoms with van der Waals surface area (Å²) in [5.41, 5.74) is -0.823. The van der Waals surface area contributed by atoms with Crippen LogP contribution >= 0.6 is 0 Å². The highest BCUT2D eigenvalue weighted by molar-refractivity contribution is 5.88. The van der Waals surface area contributed by atoms with Crippen molar-refractivity contribution in [1.82, 2.24) is 0 Å². The molecule has 9 N–H and O–H groups in total. The van der Waals surface area contributed by atoms with Gasteiger partial charge in [0.1, 0.15) is 70.9 Å². The molecule has 0 spiro atoms. The molecule has 2 fully saturated rings. The maximum atomic E-state index is 13.8. The summed E-state index contributed by atoms with van der Waals surface area (Å²) in [7, 11) is 1.34. The first-order valence-corrected chi connectivity index (χ1v) is 13.4. The minimum Gasteiger partial charge on any atom is -0.508 e. The molecule has 2 aliphatic heterocycles. The number of fused-ring (bicyclic) bond motifs is 1. The van der Waals surface area contributed by atoms with Gasteiger partial charge in [0.05, 0.1) is 20.3 Å². The summed E-state index contributed by atoms with van der Waals surface area (Å²) in [5, 5.41) is 91.8. The van der Waals surface area contributed by atoms with Gasteiger partial charge in [0, 0.05) is 17.7 Å². The Hall–Kier alpha value is -3.55. The van der Waals surface area contributed by atoms with E-state index in [0.29, 0.717) is 0 Å². The van der Waals surface area contributed by atoms with E-state index >= 15 is 0 Å². The van der Waals surface area contributed by atoms with Crippen LogP contribution in [-0.2, 0) is 14.2 Å². The Balaban J connectivity index is 1.60. The fraction of sp³-hybridized carbons (Fsp3) is 0.464. The average Bonchev–Trinajstić information content (AvgIpc) is 3.01. The van der Waals surface area contributed by atoms with Crippen molar-refractivity contribution >= 4 is 11.0 Å². The maximum absolute atomic E-state index is 13.8. The van der Waals surface area contributed by atoms with E-state index in [0.717, 1.165) is 6.07 Å². The molecule has 3 heterocycles. The lowest BCUT2D eigenvalue weighted by atomic mass is 9.97. The number of rotatable bonds is 8. The van der Waals surface area contributed by atoms with E-state index in [1.807, 2.05) is 0 Å². The van der Waals surface area contributed by atoms with E-state index in [-0.39, 0.29) is 33.8 Å². The second-order valence-corrected chi connectivity index (χ2v) is 10.3. The fourth-order valence-corrected chi connectivity index (χ4v) is 5.03. The minimum atomic E-state index is -1.92. The number of methoxy groups -OCH3 is 1. The molecule has 0 aliphatic carbocycles. The van der Waals surface area contributed by atoms with Crippen LogP contribution in [0.15, 0.2) is 45.6 Å². The van der Waals surface area contributed by atoms with Gasteiger partial charge < -0.3 is 74.1 Å². The summed E-state index contributed by atoms with van der Waals surface area (Å²) in [4.78, 5) is 13.8. The van der Waals surface area contributed by atoms with Gasteiger partial charge in [0.2, 0.25) is 17.5 Å². The molecule has 16 heteroatoms. The van der Waals surface area contributed by atoms with Gasteiger partial charge in [0.25, 0.3) is 0 Å². The average molecular weight is 625 g/mol. The number of aromatic hydroxyl groups is 2. The van der Waals surface area contributed by atoms with Crippen LogP contribution in [-0.4, -0.2) is 128 Å². The third-order valence-corrected chi connectivity index (χ3v) is 7.47. The predicted octanol–water partition coefficient (Wildman–Crippen LogP) is -2.12. The molecule has 1 aromatic heterocycles. The molecule has 3 aromatic rings. The number of hydrogen-bond acceptors (Lipinski definition) is 16. The van der Waals surface area contributed by atoms with Crippen molar-refractivity contribution in [3.63, 3.8) is 0 Å². The zero-order valence-electron chi connectivity index (χ0n) is 23.0. The largest absolute Gasteiger partial charge is 0.508 e. The number of phenols is 2. The molecule has 0 radical (unpaired) electrons. The van der Waals surface area contributed by atoms with Gasteiger partial charge in [-0.1, -0.05) is 0 Å². The molecule has 0 amide bonds. The Morgan fingerprint density at radius 1 is 0.795 bits per heavy atom. The summed E-state index contributed by atoms with van der Waals surface area (Å²) in [5.74, 6) is -1.29. The Morgan fingerprint density at radius 3 is 2.02 bits per heavy atom. The molecule has 0 saturated carbocycles. The number of ether oxygens (including phenoxy) is 5. The normalized spacial score (nSPS) is 32.5. The van der Waals surface area contributed by atoms with Crippen LogP contribution < -0.4 is 14.9 Å². The van der Waals surface area contributed by atoms with Gasteiger partial charge in [-0.2, -0.15) is 0 Å². The Morgan fingerprint density at radius 2 is 1.41 bits per heavy atom. The van der Waals surface area contributed by atoms with Crippen molar-refractivity contribution in [2.24, 2.45) is 0 Å². The zero-order valence-corrected chi connectivity index (χ0v) is 23.0. The Labute approximate surface area is 248 Å². The molecule has 16 nitrogen and oxygen atoms in total. The van der Waals surface area contributed by atoms with Crippen molar-refractivity contribution in [2.45, 2.75) is 61.4 Å². The van der Waals surface area contributed by atoms with Crippen LogP contribution in [0, 0.1) is 0 Å². The maximum Gasteiger partial charge on any atom is 0.239 e. The van der Waals surface area contributed by atoms with Crippen molar-refractivity contribution in [3.05, 3.63) is 46.6 Å². The van der Waals surface area contributed by atoms with Crippen LogP contribution in [0.25, 0.3) is 22.3 Å². The van der Waals surface area contributed by atoms with E-state index in [2.05, 4.69) is 0 Å². The lowest BCUT2D eigenvalue weighted by Crippen LogP contribution is -2.65. The number of aliphatic hydroxyl groups is 7. The first-order chi connectivity index (χ1) is 21.0. The molecule has 5 rings (SSSR count). The molecule has 2 saturated heterocycles. The van der Waals surface area contributed by atoms with Crippen molar-refractivity contribution in [2.75, 3.05) is 20.3 Å². The minimum absolute atomic E-state index is 0.106. The van der Waals surface area contributed by atoms with Crippen molar-refractivity contribution in [1.29, 1.82) is 0 Å². The topological polar surface area (TPSA) is 258 Å². The smallest absolute Gasteiger partial charge is 0.239 e. The van der Waals surface area contributed by atoms with Gasteiger partial charge in [-0.3, -0.25) is 4.79 Å². The molecule has 240 valence electrons. The lowest BCUT2D eigenvalue weighted by Gasteiger charge is -2.45. The molecule has 2 aliphatic rings. The second kappa shape index (κ2) is 12.8. The fourth-order valence-electron chi connectivity index (χ4n) is 5.03. The highest BCUT2D eigenvalue weighted by atomic mass is 16.8. The summed E-state index contributed by atoms with van der Waals surface area (Å²) >= 11 is 0. The van der Waals surface area contributed by atoms with Gasteiger partial charge in [-0.05, 0) is 24.3 Å². The Kier molecular flexibility index (Phi) is 9.28. The molecular weight excluding hydrogens is 592 g/mol. The number of hydrogen-bond donors (Lipinski definition) is 9. The molecule has 2 aromatic carbocycles. The summed E-state index contributed by atoms with van der Waals surface area (Å²) in [6.45, 7) is -1.60. The van der Waals surface area contributed by atoms with E-state index < -0.39 is 91.6 Å². The first-order valence-electron chi connectivity index (χ1n) is 13.4. The first kappa shape index (κ1) is 31.9. The molecule has 10 atom stereocenters. The van der Waals surface area contributed by atoms with Gasteiger partial charge in [-0.15, -0.1) is 0 Å². The van der Waals surface area contributed by atoms with Crippen LogP contribution in [0.1, 0.15) is 0 Å². The standard InChI is InChI=1S/C28H32O16/c1-39-12-6-13(32)17-14(7-12)40-24(10-2-4-11(31)5-3-10)25(20(17)35)43-28-26(22(37)19(34)16(9-30)42-28)44-27-23(38)21(36)18(33)15(8-29)41-27/h2-7,15-16,18-19,21-23,26-34,36-38H,8-9H2,1H3/t15-,16-,18-,19+,21+,22+,23-,26-,27+,28+/m1/s1. The number of aliphatic hydroxyl groups excluding tert-OH is 7. The summed E-state index contributed by atoms with van der Waals surface area (Å²) < 4.78 is 33.7. The van der Waals surface area contributed by atoms with E-state index in [9.17, 15) is 50.8 Å². The van der Waals surface area contributed by atoms with E-state index in [4.69, 9.17) is 28.1 Å². The predicted molar refractivity (Wildman–Crippen MR) is 145 cm³/mol. The van der Waals surface area contributed by atoms with Crippen molar-refractivity contribution in [3.8, 4) is 34.3 Å². The number of benzene rings is 2. The van der Waals surface area contributed by atoms with Crippen LogP contribution in [0.4, 0.5) is 0 Å². The van der Waals surface area contributed by atoms with E-state index in [1.54, 1.807) is 0 Å². The highest BCUT2D eigenvalue weighted by Crippen LogP contribution is 2.38. The molecule has 0 bridgehead atoms. The van der Waals surface area contributed by atoms with Gasteiger partial charge >= 0.3 is 0 Å². The molecule has 44 heavy (non-hydrogen) atoms. The van der Waals surface area contributed by atoms with Crippen LogP contribution in [0.3, 0.4) is 0 Å².